The van der Waals surface area contributed by atoms with Gasteiger partial charge in [-0.3, -0.25) is 0 Å². The Morgan fingerprint density at radius 3 is 2.66 bits per heavy atom. The molecule has 0 aliphatic rings. The second kappa shape index (κ2) is 7.85. The molecule has 2 N–H and O–H groups in total. The molecule has 0 amide bonds. The first-order chi connectivity index (χ1) is 13.7. The van der Waals surface area contributed by atoms with Crippen LogP contribution in [0.3, 0.4) is 0 Å². The molecule has 3 rings (SSSR count). The molecule has 29 heavy (non-hydrogen) atoms. The van der Waals surface area contributed by atoms with Crippen molar-refractivity contribution >= 4 is 5.97 Å². The number of benzene rings is 1. The zero-order chi connectivity index (χ0) is 21.0. The van der Waals surface area contributed by atoms with Gasteiger partial charge in [-0.1, -0.05) is 16.2 Å². The van der Waals surface area contributed by atoms with Crippen LogP contribution in [0.4, 0.5) is 17.6 Å². The molecule has 2 heterocycles. The Labute approximate surface area is 159 Å². The van der Waals surface area contributed by atoms with E-state index < -0.39 is 35.5 Å². The molecule has 0 radical (unpaired) electrons. The molecule has 0 fully saturated rings. The van der Waals surface area contributed by atoms with Crippen LogP contribution in [0.2, 0.25) is 0 Å². The van der Waals surface area contributed by atoms with Crippen molar-refractivity contribution in [1.29, 1.82) is 0 Å². The van der Waals surface area contributed by atoms with Crippen LogP contribution in [0.25, 0.3) is 0 Å². The number of carboxylic acids is 1. The summed E-state index contributed by atoms with van der Waals surface area (Å²) >= 11 is 0. The summed E-state index contributed by atoms with van der Waals surface area (Å²) in [5.41, 5.74) is -0.694. The fourth-order valence-corrected chi connectivity index (χ4v) is 2.02. The Kier molecular flexibility index (Phi) is 5.31. The van der Waals surface area contributed by atoms with Crippen molar-refractivity contribution < 1.29 is 36.9 Å². The number of carbonyl (C=O) groups is 1. The quantitative estimate of drug-likeness (QED) is 0.504. The second-order valence-electron chi connectivity index (χ2n) is 5.21. The van der Waals surface area contributed by atoms with Gasteiger partial charge in [-0.25, -0.2) is 19.3 Å². The van der Waals surface area contributed by atoms with Gasteiger partial charge in [0.25, 0.3) is 5.88 Å². The smallest absolute Gasteiger partial charge is 0.476 e. The molecule has 148 valence electrons. The highest BCUT2D eigenvalue weighted by Gasteiger charge is 2.32. The number of H-pyrrole nitrogens is 1. The van der Waals surface area contributed by atoms with Crippen LogP contribution < -0.4 is 9.47 Å². The van der Waals surface area contributed by atoms with E-state index in [0.717, 1.165) is 30.5 Å². The molecule has 0 saturated heterocycles. The molecular formula is C17H8F4N4O4. The van der Waals surface area contributed by atoms with E-state index in [0.29, 0.717) is 0 Å². The van der Waals surface area contributed by atoms with Gasteiger partial charge in [0.1, 0.15) is 23.0 Å². The maximum atomic E-state index is 13.2. The van der Waals surface area contributed by atoms with Crippen LogP contribution in [-0.2, 0) is 0 Å². The first kappa shape index (κ1) is 19.6. The molecule has 0 bridgehead atoms. The molecule has 0 unspecified atom stereocenters. The molecular weight excluding hydrogens is 400 g/mol. The molecule has 2 aromatic heterocycles. The number of hydrogen-bond acceptors (Lipinski definition) is 6. The Balaban J connectivity index is 1.95. The molecule has 0 spiro atoms. The Morgan fingerprint density at radius 1 is 1.17 bits per heavy atom. The monoisotopic (exact) mass is 408 g/mol. The van der Waals surface area contributed by atoms with Crippen molar-refractivity contribution in [2.24, 2.45) is 0 Å². The van der Waals surface area contributed by atoms with E-state index in [-0.39, 0.29) is 17.0 Å². The summed E-state index contributed by atoms with van der Waals surface area (Å²) in [7, 11) is 0. The molecule has 0 saturated carbocycles. The summed E-state index contributed by atoms with van der Waals surface area (Å²) in [5.74, 6) is 1.40. The fourth-order valence-electron chi connectivity index (χ4n) is 2.02. The molecule has 8 nitrogen and oxygen atoms in total. The zero-order valence-electron chi connectivity index (χ0n) is 14.0. The van der Waals surface area contributed by atoms with E-state index >= 15 is 0 Å². The third-order valence-electron chi connectivity index (χ3n) is 3.17. The van der Waals surface area contributed by atoms with E-state index in [1.54, 1.807) is 0 Å². The van der Waals surface area contributed by atoms with Gasteiger partial charge in [-0.15, -0.1) is 13.2 Å². The Morgan fingerprint density at radius 2 is 1.97 bits per heavy atom. The van der Waals surface area contributed by atoms with Gasteiger partial charge in [0.15, 0.2) is 0 Å². The normalized spacial score (nSPS) is 10.8. The number of halogens is 4. The number of nitrogens with one attached hydrogen (secondary N) is 1. The van der Waals surface area contributed by atoms with E-state index in [1.807, 2.05) is 0 Å². The lowest BCUT2D eigenvalue weighted by molar-refractivity contribution is -0.274. The van der Waals surface area contributed by atoms with Crippen LogP contribution in [0.5, 0.6) is 17.4 Å². The van der Waals surface area contributed by atoms with Gasteiger partial charge in [0, 0.05) is 18.3 Å². The number of nitrogens with zero attached hydrogens (tertiary/aromatic N) is 3. The van der Waals surface area contributed by atoms with Gasteiger partial charge >= 0.3 is 12.3 Å². The number of alkyl halides is 3. The maximum absolute atomic E-state index is 13.2. The number of pyridine rings is 1. The van der Waals surface area contributed by atoms with Crippen molar-refractivity contribution in [2.75, 3.05) is 0 Å². The standard InChI is InChI=1S/C17H8F4N4O4/c18-10-5-6-22-11(7-10)3-1-9-2-4-12(8-13(9)29-17(19,20)21)28-15-14(16(26)27)23-25-24-15/h2,4-8H,(H,26,27)(H,23,24,25). The van der Waals surface area contributed by atoms with Gasteiger partial charge in [0.05, 0.1) is 5.56 Å². The van der Waals surface area contributed by atoms with Gasteiger partial charge < -0.3 is 14.6 Å². The average Bonchev–Trinajstić information content (AvgIpc) is 3.08. The van der Waals surface area contributed by atoms with E-state index in [9.17, 15) is 22.4 Å². The predicted octanol–water partition coefficient (Wildman–Crippen LogP) is 3.13. The SMILES string of the molecule is O=C(O)c1[nH]nnc1Oc1ccc(C#Cc2cc(F)ccn2)c(OC(F)(F)F)c1. The second-order valence-corrected chi connectivity index (χ2v) is 5.21. The van der Waals surface area contributed by atoms with E-state index in [2.05, 4.69) is 37.0 Å². The van der Waals surface area contributed by atoms with Crippen molar-refractivity contribution in [2.45, 2.75) is 6.36 Å². The summed E-state index contributed by atoms with van der Waals surface area (Å²) in [6.45, 7) is 0. The van der Waals surface area contributed by atoms with Gasteiger partial charge in [-0.05, 0) is 24.1 Å². The third-order valence-corrected chi connectivity index (χ3v) is 3.17. The maximum Gasteiger partial charge on any atom is 0.573 e. The number of aromatic amines is 1. The summed E-state index contributed by atoms with van der Waals surface area (Å²) in [6, 6.07) is 5.30. The minimum atomic E-state index is -5.04. The van der Waals surface area contributed by atoms with Crippen molar-refractivity contribution in [3.8, 4) is 29.2 Å². The van der Waals surface area contributed by atoms with Crippen LogP contribution >= 0.6 is 0 Å². The average molecular weight is 408 g/mol. The van der Waals surface area contributed by atoms with Crippen molar-refractivity contribution in [1.82, 2.24) is 20.4 Å². The third kappa shape index (κ3) is 5.19. The summed E-state index contributed by atoms with van der Waals surface area (Å²) in [4.78, 5) is 14.8. The van der Waals surface area contributed by atoms with E-state index in [4.69, 9.17) is 9.84 Å². The number of hydrogen-bond donors (Lipinski definition) is 2. The van der Waals surface area contributed by atoms with Gasteiger partial charge in [-0.2, -0.15) is 0 Å². The largest absolute Gasteiger partial charge is 0.573 e. The lowest BCUT2D eigenvalue weighted by Crippen LogP contribution is -2.17. The molecule has 0 aliphatic carbocycles. The summed E-state index contributed by atoms with van der Waals surface area (Å²) in [6.07, 6.45) is -3.88. The summed E-state index contributed by atoms with van der Waals surface area (Å²) < 4.78 is 60.5. The number of carboxylic acid groups (broad SMARTS) is 1. The van der Waals surface area contributed by atoms with E-state index in [1.165, 1.54) is 6.07 Å². The molecule has 1 aromatic carbocycles. The molecule has 3 aromatic rings. The Bertz CT molecular complexity index is 1120. The molecule has 12 heteroatoms. The minimum Gasteiger partial charge on any atom is -0.476 e. The van der Waals surface area contributed by atoms with Crippen LogP contribution in [-0.4, -0.2) is 37.8 Å². The van der Waals surface area contributed by atoms with Crippen molar-refractivity contribution in [3.63, 3.8) is 0 Å². The van der Waals surface area contributed by atoms with Crippen molar-refractivity contribution in [3.05, 3.63) is 59.3 Å². The van der Waals surface area contributed by atoms with Crippen LogP contribution in [0, 0.1) is 17.7 Å². The minimum absolute atomic E-state index is 0.00279. The number of aromatic nitrogens is 4. The predicted molar refractivity (Wildman–Crippen MR) is 86.7 cm³/mol. The first-order valence-corrected chi connectivity index (χ1v) is 7.57. The number of ether oxygens (including phenoxy) is 2. The number of rotatable bonds is 4. The highest BCUT2D eigenvalue weighted by Crippen LogP contribution is 2.32. The number of aromatic carboxylic acids is 1. The van der Waals surface area contributed by atoms with Gasteiger partial charge in [0.2, 0.25) is 5.69 Å². The topological polar surface area (TPSA) is 110 Å². The highest BCUT2D eigenvalue weighted by atomic mass is 19.4. The van der Waals surface area contributed by atoms with Crippen LogP contribution in [0.15, 0.2) is 36.5 Å². The molecule has 0 aliphatic heterocycles. The fraction of sp³-hybridized carbons (Fsp3) is 0.0588. The molecule has 0 atom stereocenters. The Hall–Kier alpha value is -4.14. The lowest BCUT2D eigenvalue weighted by Gasteiger charge is -2.12. The zero-order valence-corrected chi connectivity index (χ0v) is 14.0. The highest BCUT2D eigenvalue weighted by molar-refractivity contribution is 5.87. The summed E-state index contributed by atoms with van der Waals surface area (Å²) in [5, 5.41) is 17.7. The first-order valence-electron chi connectivity index (χ1n) is 7.57. The van der Waals surface area contributed by atoms with Crippen LogP contribution in [0.1, 0.15) is 21.7 Å². The lowest BCUT2D eigenvalue weighted by atomic mass is 10.2.